The molecule has 2 aromatic heterocycles. The summed E-state index contributed by atoms with van der Waals surface area (Å²) in [4.78, 5) is 15.4. The summed E-state index contributed by atoms with van der Waals surface area (Å²) in [5.41, 5.74) is 14.0. The van der Waals surface area contributed by atoms with E-state index in [9.17, 15) is 0 Å². The number of hydrogen-bond donors (Lipinski definition) is 0. The van der Waals surface area contributed by atoms with Crippen molar-refractivity contribution >= 4 is 43.4 Å². The number of fused-ring (bicyclic) bond motifs is 11. The summed E-state index contributed by atoms with van der Waals surface area (Å²) in [7, 11) is 0. The van der Waals surface area contributed by atoms with Crippen LogP contribution in [0.3, 0.4) is 0 Å². The highest BCUT2D eigenvalue weighted by atomic mass is 15.2. The third-order valence-corrected chi connectivity index (χ3v) is 12.6. The van der Waals surface area contributed by atoms with Crippen molar-refractivity contribution in [3.8, 4) is 62.1 Å². The Morgan fingerprint density at radius 3 is 1.62 bits per heavy atom. The molecule has 4 nitrogen and oxygen atoms in total. The van der Waals surface area contributed by atoms with Crippen molar-refractivity contribution in [2.75, 3.05) is 0 Å². The second kappa shape index (κ2) is 13.2. The van der Waals surface area contributed by atoms with Crippen molar-refractivity contribution in [3.63, 3.8) is 0 Å². The Bertz CT molecular complexity index is 3450. The van der Waals surface area contributed by atoms with E-state index in [-0.39, 0.29) is 5.41 Å². The summed E-state index contributed by atoms with van der Waals surface area (Å²) in [5.74, 6) is 1.85. The molecule has 0 aliphatic heterocycles. The monoisotopic (exact) mass is 766 g/mol. The second-order valence-corrected chi connectivity index (χ2v) is 16.3. The van der Waals surface area contributed by atoms with Crippen LogP contribution in [0.2, 0.25) is 0 Å². The van der Waals surface area contributed by atoms with Crippen LogP contribution in [-0.4, -0.2) is 19.5 Å². The fourth-order valence-corrected chi connectivity index (χ4v) is 9.98. The van der Waals surface area contributed by atoms with Crippen molar-refractivity contribution < 1.29 is 0 Å². The van der Waals surface area contributed by atoms with E-state index in [1.807, 2.05) is 36.4 Å². The number of hydrogen-bond acceptors (Lipinski definition) is 3. The lowest BCUT2D eigenvalue weighted by Crippen LogP contribution is -2.15. The van der Waals surface area contributed by atoms with Crippen molar-refractivity contribution in [1.29, 1.82) is 0 Å². The molecule has 0 N–H and O–H groups in total. The molecule has 60 heavy (non-hydrogen) atoms. The maximum atomic E-state index is 5.18. The quantitative estimate of drug-likeness (QED) is 0.164. The standard InChI is InChI=1S/C56H38N4/c1-56(2)47-34-37(32-33-45(47)51-43-26-13-11-24-40(43)41-25-12-14-27-44(41)52(51)56)38-22-9-10-23-39(38)42-29-17-31-49-50(42)46-28-15-16-30-48(46)60(49)55-58-53(35-18-5-3-6-19-35)57-54(59-55)36-20-7-4-8-21-36/h3-34H,1-2H3. The van der Waals surface area contributed by atoms with Crippen molar-refractivity contribution in [3.05, 3.63) is 205 Å². The first kappa shape index (κ1) is 34.4. The van der Waals surface area contributed by atoms with Crippen molar-refractivity contribution in [2.45, 2.75) is 19.3 Å². The van der Waals surface area contributed by atoms with Crippen LogP contribution in [-0.2, 0) is 5.41 Å². The van der Waals surface area contributed by atoms with Crippen molar-refractivity contribution in [2.24, 2.45) is 0 Å². The van der Waals surface area contributed by atoms with Crippen LogP contribution < -0.4 is 0 Å². The van der Waals surface area contributed by atoms with Gasteiger partial charge in [0, 0.05) is 27.3 Å². The van der Waals surface area contributed by atoms with E-state index in [2.05, 4.69) is 176 Å². The fraction of sp³-hybridized carbons (Fsp3) is 0.0536. The lowest BCUT2D eigenvalue weighted by molar-refractivity contribution is 0.667. The molecule has 4 heteroatoms. The van der Waals surface area contributed by atoms with E-state index >= 15 is 0 Å². The summed E-state index contributed by atoms with van der Waals surface area (Å²) in [6.45, 7) is 4.80. The van der Waals surface area contributed by atoms with Gasteiger partial charge in [-0.25, -0.2) is 4.98 Å². The Morgan fingerprint density at radius 2 is 0.917 bits per heavy atom. The predicted octanol–water partition coefficient (Wildman–Crippen LogP) is 14.2. The Balaban J connectivity index is 1.06. The van der Waals surface area contributed by atoms with Gasteiger partial charge < -0.3 is 0 Å². The average molecular weight is 767 g/mol. The van der Waals surface area contributed by atoms with Crippen LogP contribution in [0.15, 0.2) is 194 Å². The third kappa shape index (κ3) is 5.07. The average Bonchev–Trinajstić information content (AvgIpc) is 3.78. The molecule has 0 amide bonds. The van der Waals surface area contributed by atoms with E-state index in [1.165, 1.54) is 66.1 Å². The minimum atomic E-state index is -0.200. The molecule has 0 spiro atoms. The van der Waals surface area contributed by atoms with E-state index < -0.39 is 0 Å². The summed E-state index contributed by atoms with van der Waals surface area (Å²) in [6, 6.07) is 69.5. The van der Waals surface area contributed by atoms with Gasteiger partial charge in [-0.1, -0.05) is 190 Å². The number of rotatable bonds is 5. The highest BCUT2D eigenvalue weighted by Crippen LogP contribution is 2.55. The molecule has 12 rings (SSSR count). The van der Waals surface area contributed by atoms with Gasteiger partial charge in [-0.05, 0) is 84.3 Å². The van der Waals surface area contributed by atoms with Gasteiger partial charge in [0.25, 0.3) is 0 Å². The Labute approximate surface area is 348 Å². The normalized spacial score (nSPS) is 13.0. The van der Waals surface area contributed by atoms with E-state index in [0.29, 0.717) is 17.6 Å². The molecule has 0 atom stereocenters. The van der Waals surface area contributed by atoms with E-state index in [0.717, 1.165) is 32.9 Å². The molecule has 2 heterocycles. The molecule has 1 aliphatic carbocycles. The summed E-state index contributed by atoms with van der Waals surface area (Å²) in [6.07, 6.45) is 0. The molecule has 0 radical (unpaired) electrons. The Kier molecular flexibility index (Phi) is 7.54. The number of para-hydroxylation sites is 1. The van der Waals surface area contributed by atoms with Crippen LogP contribution in [0.1, 0.15) is 25.0 Å². The SMILES string of the molecule is CC1(C)c2cc(-c3ccccc3-c3cccc4c3c3ccccc3n4-c3nc(-c4ccccc4)nc(-c4ccccc4)n3)ccc2-c2c1c1ccccc1c1ccccc21. The zero-order valence-electron chi connectivity index (χ0n) is 33.3. The first-order valence-corrected chi connectivity index (χ1v) is 20.6. The molecule has 1 aliphatic rings. The lowest BCUT2D eigenvalue weighted by atomic mass is 9.78. The molecule has 0 bridgehead atoms. The zero-order valence-corrected chi connectivity index (χ0v) is 33.3. The highest BCUT2D eigenvalue weighted by molar-refractivity contribution is 6.19. The minimum absolute atomic E-state index is 0.200. The van der Waals surface area contributed by atoms with Crippen LogP contribution in [0.5, 0.6) is 0 Å². The first-order valence-electron chi connectivity index (χ1n) is 20.6. The zero-order chi connectivity index (χ0) is 40.0. The fourth-order valence-electron chi connectivity index (χ4n) is 9.98. The van der Waals surface area contributed by atoms with Gasteiger partial charge in [0.05, 0.1) is 11.0 Å². The minimum Gasteiger partial charge on any atom is -0.278 e. The van der Waals surface area contributed by atoms with Crippen LogP contribution in [0.4, 0.5) is 0 Å². The third-order valence-electron chi connectivity index (χ3n) is 12.6. The summed E-state index contributed by atoms with van der Waals surface area (Å²) < 4.78 is 2.21. The van der Waals surface area contributed by atoms with E-state index in [1.54, 1.807) is 0 Å². The molecule has 0 saturated carbocycles. The summed E-state index contributed by atoms with van der Waals surface area (Å²) in [5, 5.41) is 7.58. The highest BCUT2D eigenvalue weighted by Gasteiger charge is 2.38. The number of aromatic nitrogens is 4. The van der Waals surface area contributed by atoms with Gasteiger partial charge in [0.2, 0.25) is 5.95 Å². The van der Waals surface area contributed by atoms with Crippen LogP contribution in [0.25, 0.3) is 105 Å². The number of nitrogens with zero attached hydrogens (tertiary/aromatic N) is 4. The van der Waals surface area contributed by atoms with Crippen LogP contribution >= 0.6 is 0 Å². The van der Waals surface area contributed by atoms with Gasteiger partial charge in [0.15, 0.2) is 11.6 Å². The smallest absolute Gasteiger partial charge is 0.238 e. The van der Waals surface area contributed by atoms with Gasteiger partial charge in [0.1, 0.15) is 0 Å². The maximum absolute atomic E-state index is 5.18. The predicted molar refractivity (Wildman–Crippen MR) is 248 cm³/mol. The molecule has 282 valence electrons. The molecule has 0 saturated heterocycles. The second-order valence-electron chi connectivity index (χ2n) is 16.3. The Hall–Kier alpha value is -7.69. The maximum Gasteiger partial charge on any atom is 0.238 e. The van der Waals surface area contributed by atoms with Crippen LogP contribution in [0, 0.1) is 0 Å². The lowest BCUT2D eigenvalue weighted by Gasteiger charge is -2.24. The van der Waals surface area contributed by atoms with Gasteiger partial charge in [-0.15, -0.1) is 0 Å². The Morgan fingerprint density at radius 1 is 0.383 bits per heavy atom. The van der Waals surface area contributed by atoms with Gasteiger partial charge in [-0.2, -0.15) is 9.97 Å². The summed E-state index contributed by atoms with van der Waals surface area (Å²) >= 11 is 0. The first-order chi connectivity index (χ1) is 29.5. The molecular formula is C56H38N4. The largest absolute Gasteiger partial charge is 0.278 e. The van der Waals surface area contributed by atoms with Crippen molar-refractivity contribution in [1.82, 2.24) is 19.5 Å². The topological polar surface area (TPSA) is 43.6 Å². The van der Waals surface area contributed by atoms with E-state index in [4.69, 9.17) is 15.0 Å². The molecule has 0 fully saturated rings. The molecule has 9 aromatic carbocycles. The molecular weight excluding hydrogens is 729 g/mol. The number of benzene rings is 9. The van der Waals surface area contributed by atoms with Gasteiger partial charge in [-0.3, -0.25) is 4.57 Å². The molecule has 11 aromatic rings. The molecule has 0 unspecified atom stereocenters. The van der Waals surface area contributed by atoms with Gasteiger partial charge >= 0.3 is 0 Å².